The SMILES string of the molecule is CCCNC(=O)NC(=O)COC(=O)/C(=C/c1ccccc1OC)c1ccccc1. The van der Waals surface area contributed by atoms with Crippen LogP contribution in [-0.4, -0.2) is 38.2 Å². The largest absolute Gasteiger partial charge is 0.496 e. The van der Waals surface area contributed by atoms with E-state index in [0.717, 1.165) is 6.42 Å². The molecule has 2 aromatic rings. The zero-order valence-corrected chi connectivity index (χ0v) is 16.4. The molecule has 2 rings (SSSR count). The maximum absolute atomic E-state index is 12.7. The van der Waals surface area contributed by atoms with Crippen molar-refractivity contribution in [3.05, 3.63) is 65.7 Å². The normalized spacial score (nSPS) is 10.8. The molecule has 0 aliphatic rings. The van der Waals surface area contributed by atoms with Gasteiger partial charge in [0.05, 0.1) is 12.7 Å². The van der Waals surface area contributed by atoms with Gasteiger partial charge in [0.1, 0.15) is 5.75 Å². The number of amides is 3. The standard InChI is InChI=1S/C22H24N2O5/c1-3-13-23-22(27)24-20(25)15-29-21(26)18(16-9-5-4-6-10-16)14-17-11-7-8-12-19(17)28-2/h4-12,14H,3,13,15H2,1-2H3,(H2,23,24,25,27)/b18-14+. The molecule has 7 nitrogen and oxygen atoms in total. The average Bonchev–Trinajstić information content (AvgIpc) is 2.75. The number of esters is 1. The van der Waals surface area contributed by atoms with Crippen LogP contribution in [0.3, 0.4) is 0 Å². The van der Waals surface area contributed by atoms with E-state index >= 15 is 0 Å². The fraction of sp³-hybridized carbons (Fsp3) is 0.227. The highest BCUT2D eigenvalue weighted by molar-refractivity contribution is 6.22. The first-order chi connectivity index (χ1) is 14.0. The highest BCUT2D eigenvalue weighted by atomic mass is 16.5. The van der Waals surface area contributed by atoms with E-state index in [1.165, 1.54) is 0 Å². The van der Waals surface area contributed by atoms with Gasteiger partial charge >= 0.3 is 12.0 Å². The van der Waals surface area contributed by atoms with Crippen LogP contribution in [0.5, 0.6) is 5.75 Å². The number of rotatable bonds is 8. The summed E-state index contributed by atoms with van der Waals surface area (Å²) in [6, 6.07) is 15.6. The maximum Gasteiger partial charge on any atom is 0.339 e. The summed E-state index contributed by atoms with van der Waals surface area (Å²) in [6.07, 6.45) is 2.38. The zero-order valence-electron chi connectivity index (χ0n) is 16.4. The molecule has 0 aliphatic heterocycles. The lowest BCUT2D eigenvalue weighted by atomic mass is 10.0. The molecular formula is C22H24N2O5. The van der Waals surface area contributed by atoms with Crippen LogP contribution in [0, 0.1) is 0 Å². The van der Waals surface area contributed by atoms with Gasteiger partial charge in [-0.2, -0.15) is 0 Å². The summed E-state index contributed by atoms with van der Waals surface area (Å²) in [7, 11) is 1.54. The number of hydrogen-bond donors (Lipinski definition) is 2. The van der Waals surface area contributed by atoms with Gasteiger partial charge in [0, 0.05) is 12.1 Å². The Morgan fingerprint density at radius 1 is 1.00 bits per heavy atom. The second kappa shape index (κ2) is 11.3. The van der Waals surface area contributed by atoms with Gasteiger partial charge in [0.2, 0.25) is 0 Å². The first-order valence-electron chi connectivity index (χ1n) is 9.20. The summed E-state index contributed by atoms with van der Waals surface area (Å²) in [6.45, 7) is 1.76. The van der Waals surface area contributed by atoms with Crippen molar-refractivity contribution in [2.24, 2.45) is 0 Å². The van der Waals surface area contributed by atoms with E-state index < -0.39 is 24.5 Å². The monoisotopic (exact) mass is 396 g/mol. The van der Waals surface area contributed by atoms with Crippen LogP contribution in [0.2, 0.25) is 0 Å². The van der Waals surface area contributed by atoms with Gasteiger partial charge in [-0.3, -0.25) is 10.1 Å². The van der Waals surface area contributed by atoms with Crippen molar-refractivity contribution in [2.75, 3.05) is 20.3 Å². The molecule has 0 saturated carbocycles. The number of urea groups is 1. The molecule has 0 spiro atoms. The summed E-state index contributed by atoms with van der Waals surface area (Å²) in [5, 5.41) is 4.62. The van der Waals surface area contributed by atoms with E-state index in [1.807, 2.05) is 25.1 Å². The van der Waals surface area contributed by atoms with Crippen molar-refractivity contribution >= 4 is 29.6 Å². The van der Waals surface area contributed by atoms with E-state index in [-0.39, 0.29) is 5.57 Å². The summed E-state index contributed by atoms with van der Waals surface area (Å²) in [5.74, 6) is -0.804. The van der Waals surface area contributed by atoms with Crippen molar-refractivity contribution in [1.82, 2.24) is 10.6 Å². The lowest BCUT2D eigenvalue weighted by Gasteiger charge is -2.11. The molecule has 2 N–H and O–H groups in total. The van der Waals surface area contributed by atoms with Crippen molar-refractivity contribution in [3.8, 4) is 5.75 Å². The Balaban J connectivity index is 2.15. The summed E-state index contributed by atoms with van der Waals surface area (Å²) < 4.78 is 10.5. The minimum atomic E-state index is -0.711. The molecule has 0 radical (unpaired) electrons. The van der Waals surface area contributed by atoms with Crippen molar-refractivity contribution in [3.63, 3.8) is 0 Å². The van der Waals surface area contributed by atoms with Crippen molar-refractivity contribution in [2.45, 2.75) is 13.3 Å². The van der Waals surface area contributed by atoms with Crippen LogP contribution in [0.4, 0.5) is 4.79 Å². The average molecular weight is 396 g/mol. The summed E-state index contributed by atoms with van der Waals surface area (Å²) in [4.78, 5) is 36.1. The number of carbonyl (C=O) groups is 3. The lowest BCUT2D eigenvalue weighted by molar-refractivity contribution is -0.142. The third-order valence-electron chi connectivity index (χ3n) is 3.87. The summed E-state index contributed by atoms with van der Waals surface area (Å²) in [5.41, 5.74) is 1.58. The minimum Gasteiger partial charge on any atom is -0.496 e. The number of nitrogens with one attached hydrogen (secondary N) is 2. The van der Waals surface area contributed by atoms with Gasteiger partial charge in [-0.05, 0) is 24.1 Å². The van der Waals surface area contributed by atoms with Crippen LogP contribution in [-0.2, 0) is 14.3 Å². The third-order valence-corrected chi connectivity index (χ3v) is 3.87. The molecule has 29 heavy (non-hydrogen) atoms. The van der Waals surface area contributed by atoms with Crippen molar-refractivity contribution < 1.29 is 23.9 Å². The third kappa shape index (κ3) is 6.80. The van der Waals surface area contributed by atoms with E-state index in [1.54, 1.807) is 49.6 Å². The molecule has 0 saturated heterocycles. The molecule has 0 aliphatic carbocycles. The first kappa shape index (κ1) is 21.7. The molecule has 0 fully saturated rings. The second-order valence-corrected chi connectivity index (χ2v) is 6.05. The van der Waals surface area contributed by atoms with Crippen LogP contribution >= 0.6 is 0 Å². The van der Waals surface area contributed by atoms with Gasteiger partial charge in [-0.1, -0.05) is 55.5 Å². The summed E-state index contributed by atoms with van der Waals surface area (Å²) >= 11 is 0. The molecule has 0 heterocycles. The van der Waals surface area contributed by atoms with E-state index in [9.17, 15) is 14.4 Å². The van der Waals surface area contributed by atoms with Gasteiger partial charge in [0.15, 0.2) is 6.61 Å². The molecule has 7 heteroatoms. The predicted molar refractivity (Wildman–Crippen MR) is 110 cm³/mol. The smallest absolute Gasteiger partial charge is 0.339 e. The highest BCUT2D eigenvalue weighted by Gasteiger charge is 2.17. The topological polar surface area (TPSA) is 93.7 Å². The molecule has 2 aromatic carbocycles. The fourth-order valence-electron chi connectivity index (χ4n) is 2.47. The van der Waals surface area contributed by atoms with Gasteiger partial charge < -0.3 is 14.8 Å². The van der Waals surface area contributed by atoms with E-state index in [0.29, 0.717) is 23.4 Å². The quantitative estimate of drug-likeness (QED) is 0.406. The molecule has 0 unspecified atom stereocenters. The van der Waals surface area contributed by atoms with Crippen LogP contribution in [0.25, 0.3) is 11.6 Å². The van der Waals surface area contributed by atoms with Crippen LogP contribution in [0.15, 0.2) is 54.6 Å². The van der Waals surface area contributed by atoms with Crippen LogP contribution in [0.1, 0.15) is 24.5 Å². The Kier molecular flexibility index (Phi) is 8.44. The molecule has 0 bridgehead atoms. The predicted octanol–water partition coefficient (Wildman–Crippen LogP) is 3.01. The Morgan fingerprint density at radius 2 is 1.69 bits per heavy atom. The number of imide groups is 1. The minimum absolute atomic E-state index is 0.262. The number of ether oxygens (including phenoxy) is 2. The first-order valence-corrected chi connectivity index (χ1v) is 9.20. The second-order valence-electron chi connectivity index (χ2n) is 6.05. The molecular weight excluding hydrogens is 372 g/mol. The Hall–Kier alpha value is -3.61. The Labute approximate surface area is 169 Å². The van der Waals surface area contributed by atoms with Gasteiger partial charge in [0.25, 0.3) is 5.91 Å². The number of methoxy groups -OCH3 is 1. The molecule has 152 valence electrons. The fourth-order valence-corrected chi connectivity index (χ4v) is 2.47. The van der Waals surface area contributed by atoms with Crippen molar-refractivity contribution in [1.29, 1.82) is 0 Å². The Morgan fingerprint density at radius 3 is 2.38 bits per heavy atom. The zero-order chi connectivity index (χ0) is 21.1. The number of hydrogen-bond acceptors (Lipinski definition) is 5. The van der Waals surface area contributed by atoms with E-state index in [2.05, 4.69) is 10.6 Å². The van der Waals surface area contributed by atoms with Gasteiger partial charge in [-0.15, -0.1) is 0 Å². The molecule has 0 aromatic heterocycles. The van der Waals surface area contributed by atoms with Crippen LogP contribution < -0.4 is 15.4 Å². The maximum atomic E-state index is 12.7. The van der Waals surface area contributed by atoms with Gasteiger partial charge in [-0.25, -0.2) is 9.59 Å². The number of para-hydroxylation sites is 1. The molecule has 3 amide bonds. The number of carbonyl (C=O) groups excluding carboxylic acids is 3. The Bertz CT molecular complexity index is 878. The highest BCUT2D eigenvalue weighted by Crippen LogP contribution is 2.25. The number of benzene rings is 2. The van der Waals surface area contributed by atoms with E-state index in [4.69, 9.17) is 9.47 Å². The molecule has 0 atom stereocenters. The lowest BCUT2D eigenvalue weighted by Crippen LogP contribution is -2.41.